The van der Waals surface area contributed by atoms with Crippen LogP contribution in [0.3, 0.4) is 0 Å². The molecule has 132 valence electrons. The van der Waals surface area contributed by atoms with E-state index in [0.717, 1.165) is 12.1 Å². The minimum absolute atomic E-state index is 0.0369. The van der Waals surface area contributed by atoms with Crippen molar-refractivity contribution in [3.8, 4) is 0 Å². The van der Waals surface area contributed by atoms with Gasteiger partial charge in [0.2, 0.25) is 5.91 Å². The van der Waals surface area contributed by atoms with Crippen LogP contribution in [-0.2, 0) is 18.3 Å². The van der Waals surface area contributed by atoms with Crippen molar-refractivity contribution >= 4 is 34.3 Å². The number of amides is 1. The van der Waals surface area contributed by atoms with Crippen molar-refractivity contribution < 1.29 is 4.79 Å². The Bertz CT molecular complexity index is 1060. The molecule has 0 spiro atoms. The van der Waals surface area contributed by atoms with Gasteiger partial charge in [-0.15, -0.1) is 0 Å². The Morgan fingerprint density at radius 3 is 2.77 bits per heavy atom. The van der Waals surface area contributed by atoms with E-state index in [-0.39, 0.29) is 23.3 Å². The van der Waals surface area contributed by atoms with Crippen LogP contribution in [0.5, 0.6) is 0 Å². The number of para-hydroxylation sites is 2. The third kappa shape index (κ3) is 2.80. The lowest BCUT2D eigenvalue weighted by Crippen LogP contribution is -2.37. The Balaban J connectivity index is 1.58. The smallest absolute Gasteiger partial charge is 0.261 e. The van der Waals surface area contributed by atoms with Gasteiger partial charge in [0.05, 0.1) is 16.7 Å². The van der Waals surface area contributed by atoms with Crippen molar-refractivity contribution in [3.05, 3.63) is 64.4 Å². The fourth-order valence-corrected chi connectivity index (χ4v) is 4.30. The fourth-order valence-electron chi connectivity index (χ4n) is 3.47. The molecular formula is C20H19N3O2S. The number of fused-ring (bicyclic) bond motifs is 2. The maximum atomic E-state index is 12.8. The predicted octanol–water partition coefficient (Wildman–Crippen LogP) is 3.00. The number of hydrogen-bond donors (Lipinski definition) is 0. The minimum atomic E-state index is -0.0922. The molecule has 2 aromatic carbocycles. The lowest BCUT2D eigenvalue weighted by Gasteiger charge is -2.22. The Morgan fingerprint density at radius 2 is 1.92 bits per heavy atom. The van der Waals surface area contributed by atoms with E-state index in [1.54, 1.807) is 13.1 Å². The third-order valence-electron chi connectivity index (χ3n) is 4.74. The average Bonchev–Trinajstić information content (AvgIpc) is 2.99. The zero-order valence-corrected chi connectivity index (χ0v) is 15.5. The van der Waals surface area contributed by atoms with Crippen LogP contribution in [0.1, 0.15) is 12.5 Å². The quantitative estimate of drug-likeness (QED) is 0.529. The molecule has 1 aliphatic rings. The lowest BCUT2D eigenvalue weighted by atomic mass is 10.1. The minimum Gasteiger partial charge on any atom is -0.308 e. The van der Waals surface area contributed by atoms with Crippen LogP contribution < -0.4 is 10.5 Å². The summed E-state index contributed by atoms with van der Waals surface area (Å²) < 4.78 is 1.52. The number of aromatic nitrogens is 2. The average molecular weight is 365 g/mol. The molecule has 0 saturated carbocycles. The molecule has 0 aliphatic carbocycles. The van der Waals surface area contributed by atoms with Gasteiger partial charge in [-0.1, -0.05) is 42.1 Å². The zero-order chi connectivity index (χ0) is 18.3. The second kappa shape index (κ2) is 6.61. The first kappa shape index (κ1) is 16.8. The number of anilines is 1. The van der Waals surface area contributed by atoms with E-state index >= 15 is 0 Å². The summed E-state index contributed by atoms with van der Waals surface area (Å²) in [6, 6.07) is 15.4. The van der Waals surface area contributed by atoms with E-state index in [1.807, 2.05) is 41.3 Å². The lowest BCUT2D eigenvalue weighted by molar-refractivity contribution is -0.116. The molecule has 1 aromatic heterocycles. The fraction of sp³-hybridized carbons (Fsp3) is 0.250. The van der Waals surface area contributed by atoms with Gasteiger partial charge in [0.1, 0.15) is 0 Å². The van der Waals surface area contributed by atoms with Gasteiger partial charge in [-0.25, -0.2) is 4.98 Å². The molecule has 3 aromatic rings. The number of benzene rings is 2. The van der Waals surface area contributed by atoms with E-state index in [2.05, 4.69) is 18.0 Å². The van der Waals surface area contributed by atoms with Gasteiger partial charge in [0.25, 0.3) is 5.56 Å². The standard InChI is InChI=1S/C20H19N3O2S/c1-13-11-14-7-3-6-10-17(14)23(13)18(24)12-26-20-21-16-9-5-4-8-15(16)19(25)22(20)2/h3-10,13H,11-12H2,1-2H3/t13-/m0/s1. The van der Waals surface area contributed by atoms with Gasteiger partial charge < -0.3 is 4.90 Å². The highest BCUT2D eigenvalue weighted by molar-refractivity contribution is 7.99. The molecule has 2 heterocycles. The number of carbonyl (C=O) groups excluding carboxylic acids is 1. The van der Waals surface area contributed by atoms with Crippen molar-refractivity contribution in [3.63, 3.8) is 0 Å². The summed E-state index contributed by atoms with van der Waals surface area (Å²) in [6.45, 7) is 2.06. The number of nitrogens with zero attached hydrogens (tertiary/aromatic N) is 3. The molecule has 26 heavy (non-hydrogen) atoms. The molecule has 0 fully saturated rings. The highest BCUT2D eigenvalue weighted by Crippen LogP contribution is 2.32. The summed E-state index contributed by atoms with van der Waals surface area (Å²) in [7, 11) is 1.70. The van der Waals surface area contributed by atoms with E-state index in [9.17, 15) is 9.59 Å². The Kier molecular flexibility index (Phi) is 4.28. The molecule has 0 saturated heterocycles. The van der Waals surface area contributed by atoms with Gasteiger partial charge in [0, 0.05) is 18.8 Å². The topological polar surface area (TPSA) is 55.2 Å². The summed E-state index contributed by atoms with van der Waals surface area (Å²) in [6.07, 6.45) is 0.874. The van der Waals surface area contributed by atoms with E-state index in [1.165, 1.54) is 21.9 Å². The molecule has 5 nitrogen and oxygen atoms in total. The van der Waals surface area contributed by atoms with E-state index in [4.69, 9.17) is 0 Å². The first-order chi connectivity index (χ1) is 12.6. The summed E-state index contributed by atoms with van der Waals surface area (Å²) in [5.41, 5.74) is 2.76. The number of hydrogen-bond acceptors (Lipinski definition) is 4. The Morgan fingerprint density at radius 1 is 1.19 bits per heavy atom. The largest absolute Gasteiger partial charge is 0.308 e. The van der Waals surface area contributed by atoms with Crippen LogP contribution in [-0.4, -0.2) is 27.3 Å². The van der Waals surface area contributed by atoms with Crippen molar-refractivity contribution in [2.45, 2.75) is 24.5 Å². The van der Waals surface area contributed by atoms with Gasteiger partial charge >= 0.3 is 0 Å². The van der Waals surface area contributed by atoms with E-state index < -0.39 is 0 Å². The number of rotatable bonds is 3. The van der Waals surface area contributed by atoms with Crippen molar-refractivity contribution in [1.29, 1.82) is 0 Å². The molecule has 6 heteroatoms. The van der Waals surface area contributed by atoms with Crippen LogP contribution in [0.25, 0.3) is 10.9 Å². The van der Waals surface area contributed by atoms with Crippen molar-refractivity contribution in [2.75, 3.05) is 10.7 Å². The molecule has 4 rings (SSSR count). The second-order valence-corrected chi connectivity index (χ2v) is 7.45. The molecule has 0 N–H and O–H groups in total. The molecular weight excluding hydrogens is 346 g/mol. The molecule has 1 amide bonds. The van der Waals surface area contributed by atoms with Gasteiger partial charge in [-0.2, -0.15) is 0 Å². The highest BCUT2D eigenvalue weighted by Gasteiger charge is 2.30. The van der Waals surface area contributed by atoms with Crippen LogP contribution in [0.15, 0.2) is 58.5 Å². The highest BCUT2D eigenvalue weighted by atomic mass is 32.2. The predicted molar refractivity (Wildman–Crippen MR) is 105 cm³/mol. The van der Waals surface area contributed by atoms with E-state index in [0.29, 0.717) is 16.1 Å². The Hall–Kier alpha value is -2.60. The molecule has 0 bridgehead atoms. The first-order valence-electron chi connectivity index (χ1n) is 8.55. The molecule has 1 aliphatic heterocycles. The Labute approximate surface area is 155 Å². The van der Waals surface area contributed by atoms with Gasteiger partial charge in [-0.05, 0) is 37.1 Å². The van der Waals surface area contributed by atoms with Crippen LogP contribution in [0, 0.1) is 0 Å². The third-order valence-corrected chi connectivity index (χ3v) is 5.76. The van der Waals surface area contributed by atoms with Crippen molar-refractivity contribution in [2.24, 2.45) is 7.05 Å². The molecule has 0 radical (unpaired) electrons. The maximum Gasteiger partial charge on any atom is 0.261 e. The molecule has 0 unspecified atom stereocenters. The van der Waals surface area contributed by atoms with Crippen LogP contribution in [0.2, 0.25) is 0 Å². The maximum absolute atomic E-state index is 12.8. The summed E-state index contributed by atoms with van der Waals surface area (Å²) in [5, 5.41) is 1.15. The molecule has 1 atom stereocenters. The van der Waals surface area contributed by atoms with Crippen molar-refractivity contribution in [1.82, 2.24) is 9.55 Å². The monoisotopic (exact) mass is 365 g/mol. The first-order valence-corrected chi connectivity index (χ1v) is 9.53. The zero-order valence-electron chi connectivity index (χ0n) is 14.7. The summed E-state index contributed by atoms with van der Waals surface area (Å²) >= 11 is 1.31. The number of carbonyl (C=O) groups is 1. The van der Waals surface area contributed by atoms with Gasteiger partial charge in [-0.3, -0.25) is 14.2 Å². The van der Waals surface area contributed by atoms with Crippen LogP contribution >= 0.6 is 11.8 Å². The van der Waals surface area contributed by atoms with Crippen LogP contribution in [0.4, 0.5) is 5.69 Å². The summed E-state index contributed by atoms with van der Waals surface area (Å²) in [5.74, 6) is 0.284. The summed E-state index contributed by atoms with van der Waals surface area (Å²) in [4.78, 5) is 31.7. The van der Waals surface area contributed by atoms with Gasteiger partial charge in [0.15, 0.2) is 5.16 Å². The number of thioether (sulfide) groups is 1. The second-order valence-electron chi connectivity index (χ2n) is 6.51. The normalized spacial score (nSPS) is 16.1. The SMILES string of the molecule is C[C@H]1Cc2ccccc2N1C(=O)CSc1nc2ccccc2c(=O)n1C.